The molecule has 0 saturated carbocycles. The molecule has 0 aliphatic heterocycles. The summed E-state index contributed by atoms with van der Waals surface area (Å²) in [6.07, 6.45) is 0. The average Bonchev–Trinajstić information content (AvgIpc) is 3.37. The first-order chi connectivity index (χ1) is 24.2. The van der Waals surface area contributed by atoms with Crippen LogP contribution in [0.15, 0.2) is 121 Å². The van der Waals surface area contributed by atoms with Crippen molar-refractivity contribution in [2.75, 3.05) is 11.5 Å². The molecule has 0 unspecified atom stereocenters. The molecule has 4 heteroatoms. The highest BCUT2D eigenvalue weighted by Crippen LogP contribution is 2.57. The molecule has 7 rings (SSSR count). The van der Waals surface area contributed by atoms with Gasteiger partial charge in [-0.25, -0.2) is 0 Å². The summed E-state index contributed by atoms with van der Waals surface area (Å²) in [6.45, 7) is 17.2. The lowest BCUT2D eigenvalue weighted by Gasteiger charge is -2.35. The van der Waals surface area contributed by atoms with Crippen LogP contribution in [0.25, 0.3) is 11.1 Å². The Morgan fingerprint density at radius 2 is 0.843 bits per heavy atom. The Kier molecular flexibility index (Phi) is 8.25. The second-order valence-corrected chi connectivity index (χ2v) is 15.9. The van der Waals surface area contributed by atoms with Crippen molar-refractivity contribution >= 4 is 11.4 Å². The third-order valence-electron chi connectivity index (χ3n) is 10.2. The van der Waals surface area contributed by atoms with Crippen molar-refractivity contribution in [1.82, 2.24) is 0 Å². The molecule has 1 aliphatic carbocycles. The van der Waals surface area contributed by atoms with E-state index in [0.717, 1.165) is 56.6 Å². The van der Waals surface area contributed by atoms with E-state index in [9.17, 15) is 0 Å². The largest absolute Gasteiger partial charge is 0.457 e. The molecule has 4 N–H and O–H groups in total. The summed E-state index contributed by atoms with van der Waals surface area (Å²) < 4.78 is 13.3. The highest BCUT2D eigenvalue weighted by molar-refractivity contribution is 5.86. The van der Waals surface area contributed by atoms with E-state index in [2.05, 4.69) is 140 Å². The molecule has 6 aromatic rings. The molecule has 0 fully saturated rings. The first-order valence-electron chi connectivity index (χ1n) is 17.8. The number of nitrogen functional groups attached to an aromatic ring is 2. The van der Waals surface area contributed by atoms with E-state index in [1.807, 2.05) is 36.4 Å². The van der Waals surface area contributed by atoms with Crippen LogP contribution in [0.1, 0.15) is 86.1 Å². The maximum absolute atomic E-state index is 6.67. The Hall–Kier alpha value is -5.48. The van der Waals surface area contributed by atoms with Crippen LogP contribution in [0, 0.1) is 13.8 Å². The van der Waals surface area contributed by atoms with Gasteiger partial charge in [0.15, 0.2) is 0 Å². The van der Waals surface area contributed by atoms with Crippen LogP contribution in [0.2, 0.25) is 0 Å². The average molecular weight is 673 g/mol. The minimum atomic E-state index is -0.568. The second-order valence-electron chi connectivity index (χ2n) is 15.9. The molecule has 0 bridgehead atoms. The van der Waals surface area contributed by atoms with Crippen molar-refractivity contribution in [3.63, 3.8) is 0 Å². The maximum atomic E-state index is 6.67. The Morgan fingerprint density at radius 3 is 1.22 bits per heavy atom. The number of ether oxygens (including phenoxy) is 2. The molecule has 0 atom stereocenters. The van der Waals surface area contributed by atoms with Crippen LogP contribution in [0.4, 0.5) is 11.4 Å². The van der Waals surface area contributed by atoms with Gasteiger partial charge in [-0.3, -0.25) is 0 Å². The van der Waals surface area contributed by atoms with E-state index >= 15 is 0 Å². The van der Waals surface area contributed by atoms with Gasteiger partial charge in [0.25, 0.3) is 0 Å². The van der Waals surface area contributed by atoms with Gasteiger partial charge in [0.1, 0.15) is 23.0 Å². The highest BCUT2D eigenvalue weighted by Gasteiger charge is 2.46. The number of anilines is 2. The number of benzene rings is 6. The van der Waals surface area contributed by atoms with E-state index in [0.29, 0.717) is 0 Å². The molecule has 0 heterocycles. The molecule has 4 nitrogen and oxygen atoms in total. The van der Waals surface area contributed by atoms with Gasteiger partial charge in [-0.2, -0.15) is 0 Å². The SMILES string of the molecule is Cc1cc(C2(c3ccc(Oc4cccc(N)c4C(C)(C)C)c(C)c3)c3ccccc3-c3ccccc32)ccc1Oc1cccc(N)c1C(C)(C)C. The van der Waals surface area contributed by atoms with Gasteiger partial charge in [-0.1, -0.05) is 126 Å². The van der Waals surface area contributed by atoms with E-state index < -0.39 is 5.41 Å². The summed E-state index contributed by atoms with van der Waals surface area (Å²) in [4.78, 5) is 0. The van der Waals surface area contributed by atoms with E-state index in [-0.39, 0.29) is 10.8 Å². The third-order valence-corrected chi connectivity index (χ3v) is 10.2. The Morgan fingerprint density at radius 1 is 0.451 bits per heavy atom. The van der Waals surface area contributed by atoms with Gasteiger partial charge in [-0.15, -0.1) is 0 Å². The maximum Gasteiger partial charge on any atom is 0.133 e. The summed E-state index contributed by atoms with van der Waals surface area (Å²) >= 11 is 0. The lowest BCUT2D eigenvalue weighted by molar-refractivity contribution is 0.453. The van der Waals surface area contributed by atoms with Crippen LogP contribution in [-0.4, -0.2) is 0 Å². The van der Waals surface area contributed by atoms with Crippen molar-refractivity contribution in [2.45, 2.75) is 71.6 Å². The minimum Gasteiger partial charge on any atom is -0.457 e. The molecule has 0 saturated heterocycles. The van der Waals surface area contributed by atoms with E-state index in [1.165, 1.54) is 33.4 Å². The van der Waals surface area contributed by atoms with Gasteiger partial charge in [0, 0.05) is 22.5 Å². The van der Waals surface area contributed by atoms with Crippen LogP contribution in [0.5, 0.6) is 23.0 Å². The summed E-state index contributed by atoms with van der Waals surface area (Å²) in [5.41, 5.74) is 25.0. The van der Waals surface area contributed by atoms with Crippen LogP contribution in [0.3, 0.4) is 0 Å². The fourth-order valence-electron chi connectivity index (χ4n) is 8.13. The second kappa shape index (κ2) is 12.4. The third kappa shape index (κ3) is 5.73. The lowest BCUT2D eigenvalue weighted by atomic mass is 9.67. The zero-order valence-electron chi connectivity index (χ0n) is 31.0. The molecular formula is C47H48N2O2. The molecule has 0 amide bonds. The smallest absolute Gasteiger partial charge is 0.133 e. The van der Waals surface area contributed by atoms with Crippen LogP contribution < -0.4 is 20.9 Å². The van der Waals surface area contributed by atoms with Gasteiger partial charge in [0.05, 0.1) is 5.41 Å². The fraction of sp³-hybridized carbons (Fsp3) is 0.234. The molecule has 6 aromatic carbocycles. The van der Waals surface area contributed by atoms with Crippen LogP contribution >= 0.6 is 0 Å². The van der Waals surface area contributed by atoms with Crippen LogP contribution in [-0.2, 0) is 16.2 Å². The van der Waals surface area contributed by atoms with Gasteiger partial charge in [0.2, 0.25) is 0 Å². The monoisotopic (exact) mass is 672 g/mol. The van der Waals surface area contributed by atoms with E-state index in [1.54, 1.807) is 0 Å². The number of nitrogens with two attached hydrogens (primary N) is 2. The molecule has 0 radical (unpaired) electrons. The normalized spacial score (nSPS) is 13.4. The van der Waals surface area contributed by atoms with Gasteiger partial charge < -0.3 is 20.9 Å². The first kappa shape index (κ1) is 34.0. The van der Waals surface area contributed by atoms with Gasteiger partial charge >= 0.3 is 0 Å². The Balaban J connectivity index is 1.38. The fourth-order valence-corrected chi connectivity index (χ4v) is 8.13. The number of aryl methyl sites for hydroxylation is 2. The molecule has 0 spiro atoms. The minimum absolute atomic E-state index is 0.176. The number of hydrogen-bond donors (Lipinski definition) is 2. The molecule has 51 heavy (non-hydrogen) atoms. The Labute approximate surface area is 303 Å². The number of fused-ring (bicyclic) bond motifs is 3. The molecular weight excluding hydrogens is 625 g/mol. The summed E-state index contributed by atoms with van der Waals surface area (Å²) in [5.74, 6) is 3.18. The van der Waals surface area contributed by atoms with Crippen molar-refractivity contribution < 1.29 is 9.47 Å². The van der Waals surface area contributed by atoms with Crippen molar-refractivity contribution in [1.29, 1.82) is 0 Å². The Bertz CT molecular complexity index is 2120. The summed E-state index contributed by atoms with van der Waals surface area (Å²) in [5, 5.41) is 0. The van der Waals surface area contributed by atoms with Crippen molar-refractivity contribution in [3.05, 3.63) is 166 Å². The summed E-state index contributed by atoms with van der Waals surface area (Å²) in [7, 11) is 0. The number of rotatable bonds is 6. The molecule has 1 aliphatic rings. The predicted molar refractivity (Wildman–Crippen MR) is 212 cm³/mol. The standard InChI is InChI=1S/C47H48N2O2/c1-29-27-31(23-25-39(29)50-41-21-13-19-37(48)43(41)45(3,4)5)47(35-17-11-9-15-33(35)34-16-10-12-18-36(34)47)32-24-26-40(30(2)28-32)51-42-22-14-20-38(49)44(42)46(6,7)8/h9-28H,48-49H2,1-8H3. The summed E-state index contributed by atoms with van der Waals surface area (Å²) in [6, 6.07) is 42.7. The van der Waals surface area contributed by atoms with Crippen molar-refractivity contribution in [2.24, 2.45) is 0 Å². The zero-order valence-corrected chi connectivity index (χ0v) is 31.0. The lowest BCUT2D eigenvalue weighted by Crippen LogP contribution is -2.29. The predicted octanol–water partition coefficient (Wildman–Crippen LogP) is 12.0. The zero-order chi connectivity index (χ0) is 36.3. The molecule has 0 aromatic heterocycles. The number of hydrogen-bond acceptors (Lipinski definition) is 4. The first-order valence-corrected chi connectivity index (χ1v) is 17.8. The topological polar surface area (TPSA) is 70.5 Å². The van der Waals surface area contributed by atoms with Gasteiger partial charge in [-0.05, 0) is 106 Å². The molecule has 258 valence electrons. The van der Waals surface area contributed by atoms with E-state index in [4.69, 9.17) is 20.9 Å². The highest BCUT2D eigenvalue weighted by atomic mass is 16.5. The van der Waals surface area contributed by atoms with Crippen molar-refractivity contribution in [3.8, 4) is 34.1 Å². The quantitative estimate of drug-likeness (QED) is 0.173.